The number of aliphatic hydroxyl groups is 1. The number of ether oxygens (including phenoxy) is 5. The lowest BCUT2D eigenvalue weighted by molar-refractivity contribution is -0.295. The van der Waals surface area contributed by atoms with Crippen LogP contribution in [-0.4, -0.2) is 120 Å². The van der Waals surface area contributed by atoms with Gasteiger partial charge in [-0.05, 0) is 81.3 Å². The predicted octanol–water partition coefficient (Wildman–Crippen LogP) is 4.38. The number of cyclic esters (lactones) is 1. The number of hydrogen-bond acceptors (Lipinski definition) is 11. The third kappa shape index (κ3) is 7.33. The second-order valence-corrected chi connectivity index (χ2v) is 15.7. The fraction of sp³-hybridized carbons (Fsp3) is 0.889. The Morgan fingerprint density at radius 3 is 2.15 bits per heavy atom. The molecule has 276 valence electrons. The van der Waals surface area contributed by atoms with E-state index in [1.165, 1.54) is 21.0 Å². The number of amides is 1. The number of likely N-dealkylation sites (N-methyl/N-ethyl adjacent to an activating group) is 1. The van der Waals surface area contributed by atoms with Crippen molar-refractivity contribution in [3.63, 3.8) is 0 Å². The Morgan fingerprint density at radius 1 is 1.02 bits per heavy atom. The van der Waals surface area contributed by atoms with Crippen LogP contribution in [0.5, 0.6) is 0 Å². The van der Waals surface area contributed by atoms with E-state index in [4.69, 9.17) is 23.7 Å². The summed E-state index contributed by atoms with van der Waals surface area (Å²) in [5.41, 5.74) is -4.26. The lowest BCUT2D eigenvalue weighted by Gasteiger charge is -2.47. The molecule has 3 heterocycles. The molecule has 1 N–H and O–H groups in total. The molecule has 0 aromatic rings. The van der Waals surface area contributed by atoms with Crippen LogP contribution < -0.4 is 0 Å². The summed E-state index contributed by atoms with van der Waals surface area (Å²) in [5.74, 6) is -3.65. The summed E-state index contributed by atoms with van der Waals surface area (Å²) in [5, 5.41) is 11.4. The van der Waals surface area contributed by atoms with E-state index in [1.807, 2.05) is 53.6 Å². The summed E-state index contributed by atoms with van der Waals surface area (Å²) in [6, 6.07) is -1.27. The van der Waals surface area contributed by atoms with Gasteiger partial charge in [0, 0.05) is 36.9 Å². The van der Waals surface area contributed by atoms with E-state index < -0.39 is 82.9 Å². The van der Waals surface area contributed by atoms with Gasteiger partial charge in [-0.3, -0.25) is 19.3 Å². The Balaban J connectivity index is 2.20. The van der Waals surface area contributed by atoms with E-state index >= 15 is 0 Å². The van der Waals surface area contributed by atoms with Gasteiger partial charge >= 0.3 is 12.1 Å². The second kappa shape index (κ2) is 15.0. The number of hydrogen-bond donors (Lipinski definition) is 1. The zero-order chi connectivity index (χ0) is 36.7. The largest absolute Gasteiger partial charge is 0.457 e. The Bertz CT molecular complexity index is 1190. The first-order valence-electron chi connectivity index (χ1n) is 17.6. The molecule has 0 radical (unpaired) electrons. The van der Waals surface area contributed by atoms with Crippen LogP contribution >= 0.6 is 0 Å². The average molecular weight is 683 g/mol. The van der Waals surface area contributed by atoms with Crippen LogP contribution in [0.25, 0.3) is 0 Å². The van der Waals surface area contributed by atoms with Crippen LogP contribution in [0.1, 0.15) is 102 Å². The normalized spacial score (nSPS) is 42.2. The molecule has 3 saturated heterocycles. The summed E-state index contributed by atoms with van der Waals surface area (Å²) < 4.78 is 31.1. The third-order valence-electron chi connectivity index (χ3n) is 11.5. The maximum atomic E-state index is 14.4. The van der Waals surface area contributed by atoms with Crippen LogP contribution in [0.3, 0.4) is 0 Å². The van der Waals surface area contributed by atoms with Crippen molar-refractivity contribution in [1.82, 2.24) is 9.80 Å². The molecular weight excluding hydrogens is 620 g/mol. The second-order valence-electron chi connectivity index (χ2n) is 15.7. The molecule has 0 aromatic carbocycles. The van der Waals surface area contributed by atoms with Gasteiger partial charge in [0.2, 0.25) is 0 Å². The summed E-state index contributed by atoms with van der Waals surface area (Å²) in [6.07, 6.45) is -3.31. The van der Waals surface area contributed by atoms with E-state index in [-0.39, 0.29) is 36.8 Å². The molecule has 3 rings (SSSR count). The molecule has 1 amide bonds. The molecule has 0 aromatic heterocycles. The van der Waals surface area contributed by atoms with E-state index in [1.54, 1.807) is 32.6 Å². The number of methoxy groups -OCH3 is 1. The number of nitrogens with zero attached hydrogens (tertiary/aromatic N) is 2. The number of aliphatic hydroxyl groups excluding tert-OH is 1. The van der Waals surface area contributed by atoms with Gasteiger partial charge in [0.1, 0.15) is 23.4 Å². The lowest BCUT2D eigenvalue weighted by atomic mass is 9.71. The van der Waals surface area contributed by atoms with Crippen molar-refractivity contribution in [3.05, 3.63) is 0 Å². The molecule has 12 nitrogen and oxygen atoms in total. The molecule has 13 atom stereocenters. The highest BCUT2D eigenvalue weighted by atomic mass is 16.7. The highest BCUT2D eigenvalue weighted by molar-refractivity contribution is 6.04. The fourth-order valence-electron chi connectivity index (χ4n) is 8.24. The van der Waals surface area contributed by atoms with Gasteiger partial charge in [0.05, 0.1) is 23.9 Å². The van der Waals surface area contributed by atoms with Crippen LogP contribution in [-0.2, 0) is 38.1 Å². The van der Waals surface area contributed by atoms with Crippen molar-refractivity contribution in [3.8, 4) is 0 Å². The van der Waals surface area contributed by atoms with Crippen LogP contribution in [0.4, 0.5) is 4.79 Å². The predicted molar refractivity (Wildman–Crippen MR) is 179 cm³/mol. The maximum absolute atomic E-state index is 14.4. The highest BCUT2D eigenvalue weighted by Crippen LogP contribution is 2.44. The number of Topliss-reactive ketones (excluding diaryl/α,β-unsaturated/α-hetero) is 2. The first-order chi connectivity index (χ1) is 22.1. The summed E-state index contributed by atoms with van der Waals surface area (Å²) >= 11 is 0. The number of carbonyl (C=O) groups excluding carboxylic acids is 4. The molecule has 0 spiro atoms. The number of rotatable bonds is 7. The van der Waals surface area contributed by atoms with Gasteiger partial charge in [-0.2, -0.15) is 0 Å². The maximum Gasteiger partial charge on any atom is 0.411 e. The lowest BCUT2D eigenvalue weighted by Crippen LogP contribution is -2.61. The first-order valence-corrected chi connectivity index (χ1v) is 17.6. The van der Waals surface area contributed by atoms with E-state index in [9.17, 15) is 24.3 Å². The smallest absolute Gasteiger partial charge is 0.411 e. The van der Waals surface area contributed by atoms with Crippen molar-refractivity contribution < 1.29 is 48.0 Å². The Hall–Kier alpha value is -2.12. The third-order valence-corrected chi connectivity index (χ3v) is 11.5. The molecule has 0 bridgehead atoms. The molecule has 8 unspecified atom stereocenters. The quantitative estimate of drug-likeness (QED) is 0.302. The van der Waals surface area contributed by atoms with Gasteiger partial charge in [0.15, 0.2) is 17.7 Å². The van der Waals surface area contributed by atoms with Crippen molar-refractivity contribution in [1.29, 1.82) is 0 Å². The molecule has 3 fully saturated rings. The topological polar surface area (TPSA) is 141 Å². The fourth-order valence-corrected chi connectivity index (χ4v) is 8.24. The minimum Gasteiger partial charge on any atom is -0.457 e. The van der Waals surface area contributed by atoms with Crippen molar-refractivity contribution in [2.45, 2.75) is 162 Å². The molecular formula is C36H62N2O10. The Morgan fingerprint density at radius 2 is 1.62 bits per heavy atom. The number of carbonyl (C=O) groups is 4. The molecule has 48 heavy (non-hydrogen) atoms. The van der Waals surface area contributed by atoms with E-state index in [2.05, 4.69) is 0 Å². The average Bonchev–Trinajstić information content (AvgIpc) is 3.30. The zero-order valence-electron chi connectivity index (χ0n) is 31.7. The van der Waals surface area contributed by atoms with Crippen LogP contribution in [0, 0.1) is 23.2 Å². The van der Waals surface area contributed by atoms with Crippen molar-refractivity contribution in [2.24, 2.45) is 23.2 Å². The summed E-state index contributed by atoms with van der Waals surface area (Å²) in [7, 11) is 5.24. The van der Waals surface area contributed by atoms with Crippen molar-refractivity contribution in [2.75, 3.05) is 21.2 Å². The Labute approximate surface area is 287 Å². The highest BCUT2D eigenvalue weighted by Gasteiger charge is 2.61. The van der Waals surface area contributed by atoms with Crippen LogP contribution in [0.15, 0.2) is 0 Å². The Kier molecular flexibility index (Phi) is 12.6. The minimum absolute atomic E-state index is 0.132. The van der Waals surface area contributed by atoms with Gasteiger partial charge in [-0.15, -0.1) is 0 Å². The van der Waals surface area contributed by atoms with Gasteiger partial charge in [0.25, 0.3) is 0 Å². The first kappa shape index (κ1) is 40.3. The molecule has 0 aliphatic carbocycles. The van der Waals surface area contributed by atoms with Gasteiger partial charge in [-0.25, -0.2) is 4.79 Å². The van der Waals surface area contributed by atoms with Crippen molar-refractivity contribution >= 4 is 23.6 Å². The SMILES string of the molecule is CCC(C)N1C(=O)O[C@@]2(C)C1C(C)C(=O)[C@H](C)C[C@@](C)(OC)C(OC1OC(C)CC(N(C)C)C1O)[C@@H](C)C(=O)C(C)(C)C(=O)O[C@@H]2CC. The molecule has 0 saturated carbocycles. The zero-order valence-corrected chi connectivity index (χ0v) is 31.7. The van der Waals surface area contributed by atoms with E-state index in [0.717, 1.165) is 0 Å². The van der Waals surface area contributed by atoms with Gasteiger partial charge in [-0.1, -0.05) is 34.6 Å². The number of fused-ring (bicyclic) bond motifs is 1. The standard InChI is InChI=1S/C36H62N2O10/c1-15-20(4)38-28-22(6)26(39)19(3)18-35(10,44-14)30(47-31-27(40)24(37(12)13)17-21(5)45-31)23(7)29(41)34(8,9)32(42)46-25(16-2)36(28,11)48-33(38)43/h19-25,27-28,30-31,40H,15-18H2,1-14H3/t19-,20?,21?,22?,23+,24?,25-,27?,28?,30?,31?,35-,36-/m1/s1. The molecule has 3 aliphatic rings. The number of esters is 1. The van der Waals surface area contributed by atoms with Crippen LogP contribution in [0.2, 0.25) is 0 Å². The summed E-state index contributed by atoms with van der Waals surface area (Å²) in [4.78, 5) is 60.0. The summed E-state index contributed by atoms with van der Waals surface area (Å²) in [6.45, 7) is 19.4. The number of ketones is 2. The van der Waals surface area contributed by atoms with Gasteiger partial charge < -0.3 is 33.7 Å². The molecule has 3 aliphatic heterocycles. The minimum atomic E-state index is -1.64. The van der Waals surface area contributed by atoms with E-state index in [0.29, 0.717) is 12.8 Å². The molecule has 12 heteroatoms. The monoisotopic (exact) mass is 682 g/mol.